The number of carboxylic acids is 1. The molecule has 0 aromatic heterocycles. The van der Waals surface area contributed by atoms with Crippen LogP contribution in [0.25, 0.3) is 0 Å². The minimum atomic E-state index is -1.01. The molecule has 136 valence electrons. The van der Waals surface area contributed by atoms with Gasteiger partial charge in [0.25, 0.3) is 5.91 Å². The zero-order chi connectivity index (χ0) is 18.2. The van der Waals surface area contributed by atoms with Crippen LogP contribution in [0.4, 0.5) is 4.39 Å². The molecule has 8 heteroatoms. The van der Waals surface area contributed by atoms with Crippen molar-refractivity contribution < 1.29 is 23.8 Å². The second-order valence-corrected chi connectivity index (χ2v) is 7.13. The summed E-state index contributed by atoms with van der Waals surface area (Å²) in [5, 5.41) is 10.0. The van der Waals surface area contributed by atoms with Crippen LogP contribution in [0.15, 0.2) is 18.2 Å². The third kappa shape index (κ3) is 3.23. The minimum Gasteiger partial charge on any atom is -0.481 e. The van der Waals surface area contributed by atoms with Crippen molar-refractivity contribution in [1.82, 2.24) is 9.80 Å². The number of aliphatic carboxylic acids is 1. The fourth-order valence-electron chi connectivity index (χ4n) is 3.85. The Morgan fingerprint density at radius 1 is 1.40 bits per heavy atom. The highest BCUT2D eigenvalue weighted by molar-refractivity contribution is 6.30. The molecule has 1 aromatic carbocycles. The first kappa shape index (κ1) is 18.1. The number of fused-ring (bicyclic) bond motifs is 1. The maximum atomic E-state index is 14.0. The van der Waals surface area contributed by atoms with E-state index in [9.17, 15) is 19.1 Å². The van der Waals surface area contributed by atoms with Crippen LogP contribution in [-0.4, -0.2) is 73.2 Å². The third-order valence-corrected chi connectivity index (χ3v) is 5.40. The van der Waals surface area contributed by atoms with Gasteiger partial charge in [0.2, 0.25) is 0 Å². The summed E-state index contributed by atoms with van der Waals surface area (Å²) < 4.78 is 19.1. The zero-order valence-corrected chi connectivity index (χ0v) is 14.6. The van der Waals surface area contributed by atoms with Gasteiger partial charge in [0.15, 0.2) is 0 Å². The van der Waals surface area contributed by atoms with Crippen molar-refractivity contribution in [2.45, 2.75) is 0 Å². The second kappa shape index (κ2) is 6.90. The van der Waals surface area contributed by atoms with E-state index in [2.05, 4.69) is 0 Å². The number of rotatable bonds is 5. The van der Waals surface area contributed by atoms with Crippen LogP contribution in [0.1, 0.15) is 10.4 Å². The van der Waals surface area contributed by atoms with E-state index < -0.39 is 23.1 Å². The van der Waals surface area contributed by atoms with Crippen molar-refractivity contribution >= 4 is 23.5 Å². The van der Waals surface area contributed by atoms with Crippen molar-refractivity contribution in [2.24, 2.45) is 11.3 Å². The molecule has 0 bridgehead atoms. The van der Waals surface area contributed by atoms with Crippen molar-refractivity contribution in [1.29, 1.82) is 0 Å². The molecule has 1 amide bonds. The van der Waals surface area contributed by atoms with Gasteiger partial charge in [-0.3, -0.25) is 14.5 Å². The van der Waals surface area contributed by atoms with E-state index in [1.807, 2.05) is 4.90 Å². The molecule has 2 aliphatic rings. The summed E-state index contributed by atoms with van der Waals surface area (Å²) in [6.07, 6.45) is 0. The Kier molecular flexibility index (Phi) is 4.99. The Hall–Kier alpha value is -1.70. The van der Waals surface area contributed by atoms with E-state index in [0.717, 1.165) is 6.07 Å². The summed E-state index contributed by atoms with van der Waals surface area (Å²) in [7, 11) is 1.60. The number of carbonyl (C=O) groups excluding carboxylic acids is 1. The van der Waals surface area contributed by atoms with Gasteiger partial charge in [-0.1, -0.05) is 11.6 Å². The van der Waals surface area contributed by atoms with E-state index >= 15 is 0 Å². The predicted octanol–water partition coefficient (Wildman–Crippen LogP) is 1.58. The fourth-order valence-corrected chi connectivity index (χ4v) is 4.01. The van der Waals surface area contributed by atoms with E-state index in [1.54, 1.807) is 7.11 Å². The number of methoxy groups -OCH3 is 1. The van der Waals surface area contributed by atoms with Gasteiger partial charge >= 0.3 is 5.97 Å². The number of hydrogen-bond donors (Lipinski definition) is 1. The number of carboxylic acid groups (broad SMARTS) is 1. The number of benzene rings is 1. The molecule has 1 N–H and O–H groups in total. The summed E-state index contributed by atoms with van der Waals surface area (Å²) in [4.78, 5) is 28.1. The van der Waals surface area contributed by atoms with E-state index in [1.165, 1.54) is 17.0 Å². The van der Waals surface area contributed by atoms with Crippen molar-refractivity contribution in [2.75, 3.05) is 46.4 Å². The smallest absolute Gasteiger partial charge is 0.313 e. The normalized spacial score (nSPS) is 26.0. The molecule has 0 spiro atoms. The number of likely N-dealkylation sites (tertiary alicyclic amines) is 2. The molecular formula is C17H20ClFN2O4. The van der Waals surface area contributed by atoms with Crippen LogP contribution in [-0.2, 0) is 9.53 Å². The molecular weight excluding hydrogens is 351 g/mol. The molecule has 25 heavy (non-hydrogen) atoms. The first-order chi connectivity index (χ1) is 11.9. The lowest BCUT2D eigenvalue weighted by Gasteiger charge is -2.25. The molecule has 0 saturated carbocycles. The first-order valence-electron chi connectivity index (χ1n) is 8.06. The molecule has 2 heterocycles. The van der Waals surface area contributed by atoms with Crippen molar-refractivity contribution in [3.05, 3.63) is 34.6 Å². The Bertz CT molecular complexity index is 701. The number of nitrogens with zero attached hydrogens (tertiary/aromatic N) is 2. The van der Waals surface area contributed by atoms with Gasteiger partial charge in [-0.25, -0.2) is 4.39 Å². The molecule has 2 fully saturated rings. The predicted molar refractivity (Wildman–Crippen MR) is 89.2 cm³/mol. The number of carbonyl (C=O) groups is 2. The highest BCUT2D eigenvalue weighted by atomic mass is 35.5. The summed E-state index contributed by atoms with van der Waals surface area (Å²) in [5.74, 6) is -2.28. The molecule has 6 nitrogen and oxygen atoms in total. The lowest BCUT2D eigenvalue weighted by molar-refractivity contribution is -0.148. The average molecular weight is 371 g/mol. The Morgan fingerprint density at radius 2 is 2.16 bits per heavy atom. The molecule has 2 aliphatic heterocycles. The average Bonchev–Trinajstić information content (AvgIpc) is 3.07. The van der Waals surface area contributed by atoms with Gasteiger partial charge in [0.1, 0.15) is 11.2 Å². The summed E-state index contributed by atoms with van der Waals surface area (Å²) in [5.41, 5.74) is -1.09. The highest BCUT2D eigenvalue weighted by Crippen LogP contribution is 2.43. The lowest BCUT2D eigenvalue weighted by Crippen LogP contribution is -2.42. The van der Waals surface area contributed by atoms with Crippen LogP contribution in [0, 0.1) is 17.2 Å². The molecule has 0 unspecified atom stereocenters. The summed E-state index contributed by atoms with van der Waals surface area (Å²) in [6.45, 7) is 2.52. The SMILES string of the molecule is COCCN1C[C@H]2CN(C(=O)c3ccc(Cl)cc3F)C[C@@]2(C(=O)O)C1. The zero-order valence-electron chi connectivity index (χ0n) is 13.9. The second-order valence-electron chi connectivity index (χ2n) is 6.70. The van der Waals surface area contributed by atoms with Crippen LogP contribution in [0.2, 0.25) is 5.02 Å². The maximum absolute atomic E-state index is 14.0. The molecule has 0 aliphatic carbocycles. The van der Waals surface area contributed by atoms with E-state index in [4.69, 9.17) is 16.3 Å². The van der Waals surface area contributed by atoms with Gasteiger partial charge in [0, 0.05) is 50.8 Å². The molecule has 2 atom stereocenters. The number of amides is 1. The monoisotopic (exact) mass is 370 g/mol. The highest BCUT2D eigenvalue weighted by Gasteiger charge is 2.58. The quantitative estimate of drug-likeness (QED) is 0.852. The lowest BCUT2D eigenvalue weighted by atomic mass is 9.81. The largest absolute Gasteiger partial charge is 0.481 e. The fraction of sp³-hybridized carbons (Fsp3) is 0.529. The minimum absolute atomic E-state index is 0.0807. The topological polar surface area (TPSA) is 70.1 Å². The van der Waals surface area contributed by atoms with Crippen LogP contribution in [0.5, 0.6) is 0 Å². The van der Waals surface area contributed by atoms with Crippen LogP contribution < -0.4 is 0 Å². The van der Waals surface area contributed by atoms with Crippen LogP contribution >= 0.6 is 11.6 Å². The van der Waals surface area contributed by atoms with E-state index in [-0.39, 0.29) is 23.0 Å². The van der Waals surface area contributed by atoms with Gasteiger partial charge < -0.3 is 14.7 Å². The third-order valence-electron chi connectivity index (χ3n) is 5.17. The van der Waals surface area contributed by atoms with Gasteiger partial charge in [-0.15, -0.1) is 0 Å². The summed E-state index contributed by atoms with van der Waals surface area (Å²) in [6, 6.07) is 3.88. The van der Waals surface area contributed by atoms with E-state index in [0.29, 0.717) is 32.8 Å². The van der Waals surface area contributed by atoms with Crippen molar-refractivity contribution in [3.63, 3.8) is 0 Å². The Morgan fingerprint density at radius 3 is 2.76 bits per heavy atom. The van der Waals surface area contributed by atoms with Gasteiger partial charge in [0.05, 0.1) is 12.2 Å². The number of halogens is 2. The molecule has 2 saturated heterocycles. The molecule has 1 aromatic rings. The first-order valence-corrected chi connectivity index (χ1v) is 8.44. The molecule has 3 rings (SSSR count). The number of ether oxygens (including phenoxy) is 1. The summed E-state index contributed by atoms with van der Waals surface area (Å²) >= 11 is 5.72. The Balaban J connectivity index is 1.78. The maximum Gasteiger partial charge on any atom is 0.313 e. The van der Waals surface area contributed by atoms with Crippen molar-refractivity contribution in [3.8, 4) is 0 Å². The molecule has 0 radical (unpaired) electrons. The van der Waals surface area contributed by atoms with Gasteiger partial charge in [-0.2, -0.15) is 0 Å². The number of hydrogen-bond acceptors (Lipinski definition) is 4. The van der Waals surface area contributed by atoms with Gasteiger partial charge in [-0.05, 0) is 18.2 Å². The standard InChI is InChI=1S/C17H20ClFN2O4/c1-25-5-4-20-7-11-8-21(10-17(11,9-20)16(23)24)15(22)13-3-2-12(18)6-14(13)19/h2-3,6,11H,4-5,7-10H2,1H3,(H,23,24)/t11-,17-/m0/s1. The Labute approximate surface area is 150 Å². The van der Waals surface area contributed by atoms with Crippen LogP contribution in [0.3, 0.4) is 0 Å².